The number of fused-ring (bicyclic) bond motifs is 3. The summed E-state index contributed by atoms with van der Waals surface area (Å²) >= 11 is 0. The second-order valence-electron chi connectivity index (χ2n) is 3.59. The molecule has 0 aliphatic carbocycles. The molecule has 0 N–H and O–H groups in total. The van der Waals surface area contributed by atoms with E-state index in [2.05, 4.69) is 5.10 Å². The van der Waals surface area contributed by atoms with Crippen LogP contribution >= 0.6 is 0 Å². The van der Waals surface area contributed by atoms with Crippen LogP contribution in [0.4, 0.5) is 0 Å². The van der Waals surface area contributed by atoms with Crippen molar-refractivity contribution in [1.82, 2.24) is 9.61 Å². The van der Waals surface area contributed by atoms with Gasteiger partial charge in [0.1, 0.15) is 11.1 Å². The summed E-state index contributed by atoms with van der Waals surface area (Å²) in [6.07, 6.45) is 4.86. The Morgan fingerprint density at radius 2 is 2.41 bits per heavy atom. The third-order valence-electron chi connectivity index (χ3n) is 2.61. The zero-order chi connectivity index (χ0) is 11.8. The van der Waals surface area contributed by atoms with Crippen molar-refractivity contribution in [3.63, 3.8) is 0 Å². The van der Waals surface area contributed by atoms with Crippen molar-refractivity contribution in [2.75, 3.05) is 6.61 Å². The van der Waals surface area contributed by atoms with E-state index >= 15 is 0 Å². The maximum absolute atomic E-state index is 11.8. The topological polar surface area (TPSA) is 56.7 Å². The molecule has 0 aromatic carbocycles. The fourth-order valence-corrected chi connectivity index (χ4v) is 1.89. The van der Waals surface area contributed by atoms with Crippen molar-refractivity contribution in [3.8, 4) is 0 Å². The first-order valence-corrected chi connectivity index (χ1v) is 5.32. The maximum Gasteiger partial charge on any atom is 0.342 e. The van der Waals surface area contributed by atoms with Gasteiger partial charge in [-0.15, -0.1) is 0 Å². The normalized spacial score (nSPS) is 11.1. The fourth-order valence-electron chi connectivity index (χ4n) is 1.89. The van der Waals surface area contributed by atoms with Gasteiger partial charge in [-0.05, 0) is 19.1 Å². The maximum atomic E-state index is 11.8. The highest BCUT2D eigenvalue weighted by atomic mass is 16.5. The highest BCUT2D eigenvalue weighted by Gasteiger charge is 2.16. The lowest BCUT2D eigenvalue weighted by molar-refractivity contribution is 0.0528. The number of aromatic nitrogens is 2. The van der Waals surface area contributed by atoms with Gasteiger partial charge in [0.25, 0.3) is 0 Å². The molecule has 0 aliphatic heterocycles. The van der Waals surface area contributed by atoms with Gasteiger partial charge in [-0.25, -0.2) is 9.31 Å². The Balaban J connectivity index is 2.31. The Morgan fingerprint density at radius 3 is 3.24 bits per heavy atom. The first-order chi connectivity index (χ1) is 8.31. The van der Waals surface area contributed by atoms with Gasteiger partial charge < -0.3 is 9.15 Å². The summed E-state index contributed by atoms with van der Waals surface area (Å²) in [6.45, 7) is 2.12. The van der Waals surface area contributed by atoms with E-state index < -0.39 is 0 Å². The molecule has 0 spiro atoms. The smallest absolute Gasteiger partial charge is 0.342 e. The molecule has 3 aromatic rings. The molecule has 5 nitrogen and oxygen atoms in total. The zero-order valence-electron chi connectivity index (χ0n) is 9.21. The molecule has 0 bridgehead atoms. The molecule has 0 radical (unpaired) electrons. The van der Waals surface area contributed by atoms with E-state index in [0.29, 0.717) is 12.2 Å². The molecule has 0 saturated carbocycles. The second kappa shape index (κ2) is 3.62. The average Bonchev–Trinajstić information content (AvgIpc) is 2.94. The number of carbonyl (C=O) groups excluding carboxylic acids is 1. The summed E-state index contributed by atoms with van der Waals surface area (Å²) in [5, 5.41) is 4.98. The lowest BCUT2D eigenvalue weighted by Crippen LogP contribution is -2.04. The molecular weight excluding hydrogens is 220 g/mol. The van der Waals surface area contributed by atoms with Crippen LogP contribution in [-0.2, 0) is 4.74 Å². The summed E-state index contributed by atoms with van der Waals surface area (Å²) in [5.41, 5.74) is 1.90. The Hall–Kier alpha value is -2.30. The first-order valence-electron chi connectivity index (χ1n) is 5.32. The summed E-state index contributed by atoms with van der Waals surface area (Å²) in [6, 6.07) is 3.62. The van der Waals surface area contributed by atoms with Crippen LogP contribution in [-0.4, -0.2) is 22.2 Å². The van der Waals surface area contributed by atoms with Crippen LogP contribution in [0.3, 0.4) is 0 Å². The molecule has 3 rings (SSSR count). The monoisotopic (exact) mass is 230 g/mol. The molecular formula is C12H10N2O3. The van der Waals surface area contributed by atoms with Crippen molar-refractivity contribution in [2.45, 2.75) is 6.92 Å². The number of furan rings is 1. The van der Waals surface area contributed by atoms with E-state index in [0.717, 1.165) is 16.5 Å². The Bertz CT molecular complexity index is 696. The summed E-state index contributed by atoms with van der Waals surface area (Å²) in [5.74, 6) is -0.365. The van der Waals surface area contributed by atoms with E-state index in [1.807, 2.05) is 12.1 Å². The Morgan fingerprint density at radius 1 is 1.53 bits per heavy atom. The van der Waals surface area contributed by atoms with Gasteiger partial charge in [0, 0.05) is 11.6 Å². The number of esters is 1. The predicted octanol–water partition coefficient (Wildman–Crippen LogP) is 2.26. The van der Waals surface area contributed by atoms with Crippen molar-refractivity contribution in [2.24, 2.45) is 0 Å². The summed E-state index contributed by atoms with van der Waals surface area (Å²) < 4.78 is 11.9. The van der Waals surface area contributed by atoms with Crippen LogP contribution < -0.4 is 0 Å². The molecule has 86 valence electrons. The molecule has 0 fully saturated rings. The SMILES string of the molecule is CCOC(=O)c1cnn2ccc3occc3c12. The third-order valence-corrected chi connectivity index (χ3v) is 2.61. The van der Waals surface area contributed by atoms with Crippen LogP contribution in [0.15, 0.2) is 35.2 Å². The molecule has 0 amide bonds. The minimum Gasteiger partial charge on any atom is -0.464 e. The predicted molar refractivity (Wildman–Crippen MR) is 60.9 cm³/mol. The van der Waals surface area contributed by atoms with Gasteiger partial charge in [-0.2, -0.15) is 5.10 Å². The van der Waals surface area contributed by atoms with Crippen molar-refractivity contribution >= 4 is 22.5 Å². The number of rotatable bonds is 2. The average molecular weight is 230 g/mol. The minimum absolute atomic E-state index is 0.345. The van der Waals surface area contributed by atoms with E-state index in [1.165, 1.54) is 6.20 Å². The summed E-state index contributed by atoms with van der Waals surface area (Å²) in [7, 11) is 0. The lowest BCUT2D eigenvalue weighted by Gasteiger charge is -2.00. The summed E-state index contributed by atoms with van der Waals surface area (Å²) in [4.78, 5) is 11.8. The molecule has 3 aromatic heterocycles. The number of hydrogen-bond acceptors (Lipinski definition) is 4. The van der Waals surface area contributed by atoms with E-state index in [-0.39, 0.29) is 5.97 Å². The number of carbonyl (C=O) groups is 1. The largest absolute Gasteiger partial charge is 0.464 e. The van der Waals surface area contributed by atoms with Gasteiger partial charge in [0.15, 0.2) is 0 Å². The van der Waals surface area contributed by atoms with E-state index in [9.17, 15) is 4.79 Å². The van der Waals surface area contributed by atoms with Crippen LogP contribution in [0, 0.1) is 0 Å². The highest BCUT2D eigenvalue weighted by Crippen LogP contribution is 2.24. The highest BCUT2D eigenvalue weighted by molar-refractivity contribution is 6.06. The number of hydrogen-bond donors (Lipinski definition) is 0. The van der Waals surface area contributed by atoms with Crippen molar-refractivity contribution < 1.29 is 13.9 Å². The van der Waals surface area contributed by atoms with Crippen LogP contribution in [0.5, 0.6) is 0 Å². The van der Waals surface area contributed by atoms with E-state index in [1.54, 1.807) is 23.9 Å². The number of ether oxygens (including phenoxy) is 1. The van der Waals surface area contributed by atoms with Gasteiger partial charge in [0.2, 0.25) is 0 Å². The van der Waals surface area contributed by atoms with E-state index in [4.69, 9.17) is 9.15 Å². The number of nitrogens with zero attached hydrogens (tertiary/aromatic N) is 2. The molecule has 3 heterocycles. The third kappa shape index (κ3) is 1.39. The zero-order valence-corrected chi connectivity index (χ0v) is 9.21. The molecule has 17 heavy (non-hydrogen) atoms. The van der Waals surface area contributed by atoms with Crippen LogP contribution in [0.2, 0.25) is 0 Å². The molecule has 0 atom stereocenters. The quantitative estimate of drug-likeness (QED) is 0.633. The first kappa shape index (κ1) is 9.89. The van der Waals surface area contributed by atoms with Crippen molar-refractivity contribution in [1.29, 1.82) is 0 Å². The fraction of sp³-hybridized carbons (Fsp3) is 0.167. The molecule has 0 saturated heterocycles. The number of pyridine rings is 1. The van der Waals surface area contributed by atoms with Gasteiger partial charge in [-0.3, -0.25) is 0 Å². The Kier molecular flexibility index (Phi) is 2.11. The standard InChI is InChI=1S/C12H10N2O3/c1-2-16-12(15)9-7-13-14-5-3-10-8(11(9)14)4-6-17-10/h3-7H,2H2,1H3. The minimum atomic E-state index is -0.365. The van der Waals surface area contributed by atoms with Crippen LogP contribution in [0.1, 0.15) is 17.3 Å². The van der Waals surface area contributed by atoms with Gasteiger partial charge >= 0.3 is 5.97 Å². The molecule has 0 aliphatic rings. The molecule has 5 heteroatoms. The Labute approximate surface area is 96.6 Å². The van der Waals surface area contributed by atoms with Gasteiger partial charge in [0.05, 0.1) is 24.6 Å². The van der Waals surface area contributed by atoms with Crippen molar-refractivity contribution in [3.05, 3.63) is 36.4 Å². The van der Waals surface area contributed by atoms with Crippen LogP contribution in [0.25, 0.3) is 16.5 Å². The lowest BCUT2D eigenvalue weighted by atomic mass is 10.2. The molecule has 0 unspecified atom stereocenters. The van der Waals surface area contributed by atoms with Gasteiger partial charge in [-0.1, -0.05) is 0 Å². The second-order valence-corrected chi connectivity index (χ2v) is 3.59.